The number of amides is 1. The Labute approximate surface area is 139 Å². The van der Waals surface area contributed by atoms with Gasteiger partial charge in [-0.3, -0.25) is 9.59 Å². The average Bonchev–Trinajstić information content (AvgIpc) is 2.55. The molecule has 7 heteroatoms. The van der Waals surface area contributed by atoms with Gasteiger partial charge in [-0.15, -0.1) is 0 Å². The maximum Gasteiger partial charge on any atom is 0.308 e. The molecule has 23 heavy (non-hydrogen) atoms. The number of hydrogen-bond acceptors (Lipinski definition) is 5. The summed E-state index contributed by atoms with van der Waals surface area (Å²) in [6, 6.07) is 7.27. The number of halogens is 1. The second kappa shape index (κ2) is 8.29. The first-order valence-electron chi connectivity index (χ1n) is 7.51. The SMILES string of the molecule is CCOC(=O)CC(O)C(=O)N1CCOC(c2ccccc2Cl)C1. The Hall–Kier alpha value is -1.63. The van der Waals surface area contributed by atoms with Crippen LogP contribution in [0.3, 0.4) is 0 Å². The number of aliphatic hydroxyl groups is 1. The maximum absolute atomic E-state index is 12.3. The highest BCUT2D eigenvalue weighted by molar-refractivity contribution is 6.31. The van der Waals surface area contributed by atoms with Gasteiger partial charge in [0.1, 0.15) is 12.2 Å². The minimum absolute atomic E-state index is 0.214. The molecule has 2 unspecified atom stereocenters. The predicted octanol–water partition coefficient (Wildman–Crippen LogP) is 1.55. The molecule has 2 atom stereocenters. The molecule has 0 aromatic heterocycles. The first-order valence-corrected chi connectivity index (χ1v) is 7.89. The molecule has 6 nitrogen and oxygen atoms in total. The van der Waals surface area contributed by atoms with Gasteiger partial charge in [0.25, 0.3) is 5.91 Å². The summed E-state index contributed by atoms with van der Waals surface area (Å²) < 4.78 is 10.4. The molecule has 1 saturated heterocycles. The van der Waals surface area contributed by atoms with Crippen molar-refractivity contribution in [2.24, 2.45) is 0 Å². The first kappa shape index (κ1) is 17.7. The van der Waals surface area contributed by atoms with Crippen molar-refractivity contribution in [3.8, 4) is 0 Å². The van der Waals surface area contributed by atoms with Crippen LogP contribution in [0.4, 0.5) is 0 Å². The number of hydrogen-bond donors (Lipinski definition) is 1. The summed E-state index contributed by atoms with van der Waals surface area (Å²) in [6.07, 6.45) is -2.10. The maximum atomic E-state index is 12.3. The molecule has 0 saturated carbocycles. The van der Waals surface area contributed by atoms with E-state index < -0.39 is 18.0 Å². The number of rotatable bonds is 5. The number of esters is 1. The van der Waals surface area contributed by atoms with Crippen LogP contribution in [-0.2, 0) is 19.1 Å². The van der Waals surface area contributed by atoms with Crippen LogP contribution in [0.15, 0.2) is 24.3 Å². The number of nitrogens with zero attached hydrogens (tertiary/aromatic N) is 1. The van der Waals surface area contributed by atoms with Crippen LogP contribution in [0.1, 0.15) is 25.0 Å². The Morgan fingerprint density at radius 3 is 2.91 bits per heavy atom. The lowest BCUT2D eigenvalue weighted by Crippen LogP contribution is -2.47. The van der Waals surface area contributed by atoms with E-state index in [1.54, 1.807) is 13.0 Å². The molecule has 0 aliphatic carbocycles. The molecule has 0 radical (unpaired) electrons. The van der Waals surface area contributed by atoms with Gasteiger partial charge < -0.3 is 19.5 Å². The third-order valence-corrected chi connectivity index (χ3v) is 3.92. The topological polar surface area (TPSA) is 76.1 Å². The first-order chi connectivity index (χ1) is 11.0. The highest BCUT2D eigenvalue weighted by atomic mass is 35.5. The third kappa shape index (κ3) is 4.67. The van der Waals surface area contributed by atoms with Crippen molar-refractivity contribution in [1.29, 1.82) is 0 Å². The Kier molecular flexibility index (Phi) is 6.38. The summed E-state index contributed by atoms with van der Waals surface area (Å²) in [5.41, 5.74) is 0.798. The van der Waals surface area contributed by atoms with Gasteiger partial charge in [-0.05, 0) is 13.0 Å². The molecule has 126 valence electrons. The number of aliphatic hydroxyl groups excluding tert-OH is 1. The molecule has 1 aliphatic heterocycles. The van der Waals surface area contributed by atoms with Crippen LogP contribution < -0.4 is 0 Å². The van der Waals surface area contributed by atoms with Crippen molar-refractivity contribution in [2.45, 2.75) is 25.6 Å². The predicted molar refractivity (Wildman–Crippen MR) is 84.0 cm³/mol. The van der Waals surface area contributed by atoms with Crippen LogP contribution in [0.25, 0.3) is 0 Å². The Morgan fingerprint density at radius 1 is 1.48 bits per heavy atom. The van der Waals surface area contributed by atoms with Crippen LogP contribution in [0.5, 0.6) is 0 Å². The molecule has 2 rings (SSSR count). The van der Waals surface area contributed by atoms with Crippen LogP contribution >= 0.6 is 11.6 Å². The second-order valence-corrected chi connectivity index (χ2v) is 5.60. The van der Waals surface area contributed by atoms with Crippen LogP contribution in [-0.4, -0.2) is 54.3 Å². The highest BCUT2D eigenvalue weighted by Crippen LogP contribution is 2.28. The fourth-order valence-electron chi connectivity index (χ4n) is 2.45. The largest absolute Gasteiger partial charge is 0.466 e. The zero-order chi connectivity index (χ0) is 16.8. The molecule has 1 aliphatic rings. The molecular weight excluding hydrogens is 322 g/mol. The molecule has 1 N–H and O–H groups in total. The van der Waals surface area contributed by atoms with Crippen molar-refractivity contribution >= 4 is 23.5 Å². The van der Waals surface area contributed by atoms with Gasteiger partial charge in [-0.2, -0.15) is 0 Å². The zero-order valence-corrected chi connectivity index (χ0v) is 13.7. The van der Waals surface area contributed by atoms with Gasteiger partial charge in [0.15, 0.2) is 0 Å². The van der Waals surface area contributed by atoms with Gasteiger partial charge in [-0.25, -0.2) is 0 Å². The number of benzene rings is 1. The number of carbonyl (C=O) groups excluding carboxylic acids is 2. The standard InChI is InChI=1S/C16H20ClNO5/c1-2-22-15(20)9-13(19)16(21)18-7-8-23-14(10-18)11-5-3-4-6-12(11)17/h3-6,13-14,19H,2,7-10H2,1H3. The van der Waals surface area contributed by atoms with E-state index in [1.807, 2.05) is 18.2 Å². The van der Waals surface area contributed by atoms with Crippen molar-refractivity contribution in [2.75, 3.05) is 26.3 Å². The van der Waals surface area contributed by atoms with E-state index in [0.717, 1.165) is 5.56 Å². The highest BCUT2D eigenvalue weighted by Gasteiger charge is 2.31. The molecule has 0 spiro atoms. The molecule has 1 fully saturated rings. The molecule has 1 heterocycles. The summed E-state index contributed by atoms with van der Waals surface area (Å²) in [5.74, 6) is -1.09. The molecule has 1 amide bonds. The third-order valence-electron chi connectivity index (χ3n) is 3.58. The van der Waals surface area contributed by atoms with E-state index in [1.165, 1.54) is 4.90 Å². The fraction of sp³-hybridized carbons (Fsp3) is 0.500. The second-order valence-electron chi connectivity index (χ2n) is 5.19. The Morgan fingerprint density at radius 2 is 2.22 bits per heavy atom. The van der Waals surface area contributed by atoms with Crippen LogP contribution in [0.2, 0.25) is 5.02 Å². The van der Waals surface area contributed by atoms with E-state index in [0.29, 0.717) is 18.2 Å². The zero-order valence-electron chi connectivity index (χ0n) is 12.9. The number of carbonyl (C=O) groups is 2. The molecule has 1 aromatic rings. The number of ether oxygens (including phenoxy) is 2. The molecular formula is C16H20ClNO5. The summed E-state index contributed by atoms with van der Waals surface area (Å²) in [7, 11) is 0. The van der Waals surface area contributed by atoms with E-state index in [9.17, 15) is 14.7 Å². The summed E-state index contributed by atoms with van der Waals surface area (Å²) in [6.45, 7) is 2.87. The van der Waals surface area contributed by atoms with Crippen molar-refractivity contribution < 1.29 is 24.2 Å². The van der Waals surface area contributed by atoms with E-state index in [2.05, 4.69) is 0 Å². The van der Waals surface area contributed by atoms with Gasteiger partial charge in [0.05, 0.1) is 26.2 Å². The fourth-order valence-corrected chi connectivity index (χ4v) is 2.71. The minimum atomic E-state index is -1.40. The Bertz CT molecular complexity index is 565. The average molecular weight is 342 g/mol. The van der Waals surface area contributed by atoms with Crippen molar-refractivity contribution in [3.05, 3.63) is 34.9 Å². The van der Waals surface area contributed by atoms with Gasteiger partial charge in [-0.1, -0.05) is 29.8 Å². The quantitative estimate of drug-likeness (QED) is 0.822. The van der Waals surface area contributed by atoms with E-state index in [4.69, 9.17) is 21.1 Å². The van der Waals surface area contributed by atoms with Gasteiger partial charge in [0.2, 0.25) is 0 Å². The summed E-state index contributed by atoms with van der Waals surface area (Å²) in [4.78, 5) is 25.1. The number of morpholine rings is 1. The van der Waals surface area contributed by atoms with Gasteiger partial charge in [0, 0.05) is 17.1 Å². The lowest BCUT2D eigenvalue weighted by molar-refractivity contribution is -0.155. The van der Waals surface area contributed by atoms with Crippen LogP contribution in [0, 0.1) is 0 Å². The summed E-state index contributed by atoms with van der Waals surface area (Å²) in [5, 5.41) is 10.5. The minimum Gasteiger partial charge on any atom is -0.466 e. The normalized spacial score (nSPS) is 19.3. The summed E-state index contributed by atoms with van der Waals surface area (Å²) >= 11 is 6.16. The van der Waals surface area contributed by atoms with E-state index in [-0.39, 0.29) is 25.7 Å². The van der Waals surface area contributed by atoms with E-state index >= 15 is 0 Å². The molecule has 0 bridgehead atoms. The van der Waals surface area contributed by atoms with Crippen molar-refractivity contribution in [3.63, 3.8) is 0 Å². The molecule has 1 aromatic carbocycles. The Balaban J connectivity index is 1.99. The lowest BCUT2D eigenvalue weighted by Gasteiger charge is -2.34. The lowest BCUT2D eigenvalue weighted by atomic mass is 10.1. The van der Waals surface area contributed by atoms with Crippen molar-refractivity contribution in [1.82, 2.24) is 4.90 Å². The van der Waals surface area contributed by atoms with Gasteiger partial charge >= 0.3 is 5.97 Å². The monoisotopic (exact) mass is 341 g/mol. The smallest absolute Gasteiger partial charge is 0.308 e.